The Morgan fingerprint density at radius 1 is 1.69 bits per heavy atom. The SMILES string of the molecule is O=[N+]([O-])CC(O)CC1C=CCCC1. The van der Waals surface area contributed by atoms with Gasteiger partial charge in [0.25, 0.3) is 0 Å². The van der Waals surface area contributed by atoms with Crippen LogP contribution in [0.15, 0.2) is 12.2 Å². The van der Waals surface area contributed by atoms with Gasteiger partial charge in [0, 0.05) is 4.92 Å². The molecule has 0 bridgehead atoms. The highest BCUT2D eigenvalue weighted by atomic mass is 16.6. The summed E-state index contributed by atoms with van der Waals surface area (Å²) >= 11 is 0. The van der Waals surface area contributed by atoms with Gasteiger partial charge in [-0.1, -0.05) is 12.2 Å². The van der Waals surface area contributed by atoms with Crippen LogP contribution >= 0.6 is 0 Å². The Bertz CT molecular complexity index is 203. The van der Waals surface area contributed by atoms with Gasteiger partial charge in [-0.25, -0.2) is 0 Å². The Labute approximate surface area is 77.4 Å². The monoisotopic (exact) mass is 185 g/mol. The van der Waals surface area contributed by atoms with Crippen molar-refractivity contribution in [1.29, 1.82) is 0 Å². The van der Waals surface area contributed by atoms with Crippen LogP contribution in [0.2, 0.25) is 0 Å². The van der Waals surface area contributed by atoms with E-state index in [-0.39, 0.29) is 6.54 Å². The van der Waals surface area contributed by atoms with Crippen LogP contribution in [0, 0.1) is 16.0 Å². The predicted octanol–water partition coefficient (Wildman–Crippen LogP) is 1.37. The topological polar surface area (TPSA) is 63.4 Å². The van der Waals surface area contributed by atoms with E-state index in [0.29, 0.717) is 12.3 Å². The number of nitro groups is 1. The molecular formula is C9H15NO3. The van der Waals surface area contributed by atoms with Crippen molar-refractivity contribution in [1.82, 2.24) is 0 Å². The summed E-state index contributed by atoms with van der Waals surface area (Å²) in [5, 5.41) is 19.4. The average molecular weight is 185 g/mol. The molecule has 0 radical (unpaired) electrons. The van der Waals surface area contributed by atoms with E-state index in [4.69, 9.17) is 0 Å². The molecule has 0 fully saturated rings. The first-order valence-electron chi connectivity index (χ1n) is 4.65. The van der Waals surface area contributed by atoms with Crippen LogP contribution in [-0.4, -0.2) is 22.7 Å². The molecule has 0 spiro atoms. The van der Waals surface area contributed by atoms with Gasteiger partial charge in [0.2, 0.25) is 6.54 Å². The highest BCUT2D eigenvalue weighted by Crippen LogP contribution is 2.21. The summed E-state index contributed by atoms with van der Waals surface area (Å²) < 4.78 is 0. The van der Waals surface area contributed by atoms with Gasteiger partial charge >= 0.3 is 0 Å². The lowest BCUT2D eigenvalue weighted by molar-refractivity contribution is -0.490. The molecule has 0 saturated heterocycles. The Morgan fingerprint density at radius 3 is 3.00 bits per heavy atom. The number of nitrogens with zero attached hydrogens (tertiary/aromatic N) is 1. The summed E-state index contributed by atoms with van der Waals surface area (Å²) in [6.45, 7) is -0.329. The van der Waals surface area contributed by atoms with Gasteiger partial charge in [0.05, 0.1) is 0 Å². The van der Waals surface area contributed by atoms with Crippen LogP contribution in [0.4, 0.5) is 0 Å². The molecule has 13 heavy (non-hydrogen) atoms. The fourth-order valence-corrected chi connectivity index (χ4v) is 1.68. The first-order valence-corrected chi connectivity index (χ1v) is 4.65. The van der Waals surface area contributed by atoms with E-state index in [2.05, 4.69) is 12.2 Å². The third-order valence-corrected chi connectivity index (χ3v) is 2.29. The predicted molar refractivity (Wildman–Crippen MR) is 49.0 cm³/mol. The van der Waals surface area contributed by atoms with E-state index >= 15 is 0 Å². The van der Waals surface area contributed by atoms with Crippen molar-refractivity contribution < 1.29 is 10.0 Å². The summed E-state index contributed by atoms with van der Waals surface area (Å²) in [4.78, 5) is 9.62. The molecule has 0 amide bonds. The molecule has 1 aliphatic rings. The van der Waals surface area contributed by atoms with Crippen molar-refractivity contribution in [3.05, 3.63) is 22.3 Å². The molecule has 2 unspecified atom stereocenters. The zero-order valence-corrected chi connectivity index (χ0v) is 7.56. The van der Waals surface area contributed by atoms with E-state index in [0.717, 1.165) is 19.3 Å². The summed E-state index contributed by atoms with van der Waals surface area (Å²) in [6.07, 6.45) is 7.17. The number of aliphatic hydroxyl groups excluding tert-OH is 1. The van der Waals surface area contributed by atoms with Crippen molar-refractivity contribution in [3.8, 4) is 0 Å². The second kappa shape index (κ2) is 4.97. The molecule has 0 aromatic rings. The molecule has 0 aliphatic heterocycles. The van der Waals surface area contributed by atoms with Gasteiger partial charge in [-0.2, -0.15) is 0 Å². The summed E-state index contributed by atoms with van der Waals surface area (Å²) in [5.41, 5.74) is 0. The highest BCUT2D eigenvalue weighted by Gasteiger charge is 2.17. The van der Waals surface area contributed by atoms with E-state index in [9.17, 15) is 15.2 Å². The molecule has 74 valence electrons. The maximum absolute atomic E-state index is 10.1. The zero-order valence-electron chi connectivity index (χ0n) is 7.56. The maximum atomic E-state index is 10.1. The standard InChI is InChI=1S/C9H15NO3/c11-9(7-10(12)13)6-8-4-2-1-3-5-8/h2,4,8-9,11H,1,3,5-7H2. The van der Waals surface area contributed by atoms with E-state index in [1.807, 2.05) is 0 Å². The Hall–Kier alpha value is -0.900. The zero-order chi connectivity index (χ0) is 9.68. The lowest BCUT2D eigenvalue weighted by Gasteiger charge is -2.17. The van der Waals surface area contributed by atoms with Crippen LogP contribution in [0.25, 0.3) is 0 Å². The van der Waals surface area contributed by atoms with Crippen molar-refractivity contribution >= 4 is 0 Å². The Kier molecular flexibility index (Phi) is 3.89. The van der Waals surface area contributed by atoms with Crippen LogP contribution in [0.3, 0.4) is 0 Å². The smallest absolute Gasteiger partial charge is 0.229 e. The van der Waals surface area contributed by atoms with Gasteiger partial charge in [-0.05, 0) is 31.6 Å². The fourth-order valence-electron chi connectivity index (χ4n) is 1.68. The lowest BCUT2D eigenvalue weighted by atomic mass is 9.91. The van der Waals surface area contributed by atoms with E-state index in [1.54, 1.807) is 0 Å². The van der Waals surface area contributed by atoms with Gasteiger partial charge in [0.15, 0.2) is 0 Å². The van der Waals surface area contributed by atoms with Crippen molar-refractivity contribution in [3.63, 3.8) is 0 Å². The van der Waals surface area contributed by atoms with Gasteiger partial charge in [0.1, 0.15) is 6.10 Å². The van der Waals surface area contributed by atoms with Crippen molar-refractivity contribution in [2.75, 3.05) is 6.54 Å². The van der Waals surface area contributed by atoms with E-state index < -0.39 is 11.0 Å². The quantitative estimate of drug-likeness (QED) is 0.408. The van der Waals surface area contributed by atoms with Gasteiger partial charge < -0.3 is 5.11 Å². The van der Waals surface area contributed by atoms with Crippen molar-refractivity contribution in [2.24, 2.45) is 5.92 Å². The van der Waals surface area contributed by atoms with Gasteiger partial charge in [-0.3, -0.25) is 10.1 Å². The van der Waals surface area contributed by atoms with Crippen molar-refractivity contribution in [2.45, 2.75) is 31.8 Å². The molecule has 4 heteroatoms. The molecule has 1 N–H and O–H groups in total. The molecule has 1 aliphatic carbocycles. The van der Waals surface area contributed by atoms with Crippen LogP contribution in [0.5, 0.6) is 0 Å². The Balaban J connectivity index is 2.26. The molecule has 0 aromatic carbocycles. The van der Waals surface area contributed by atoms with Crippen LogP contribution in [-0.2, 0) is 0 Å². The summed E-state index contributed by atoms with van der Waals surface area (Å²) in [6, 6.07) is 0. The minimum atomic E-state index is -0.789. The fraction of sp³-hybridized carbons (Fsp3) is 0.778. The Morgan fingerprint density at radius 2 is 2.46 bits per heavy atom. The van der Waals surface area contributed by atoms with Crippen LogP contribution in [0.1, 0.15) is 25.7 Å². The molecule has 0 saturated carbocycles. The largest absolute Gasteiger partial charge is 0.386 e. The number of hydrogen-bond donors (Lipinski definition) is 1. The first kappa shape index (κ1) is 10.2. The minimum Gasteiger partial charge on any atom is -0.386 e. The normalized spacial score (nSPS) is 24.2. The molecule has 4 nitrogen and oxygen atoms in total. The lowest BCUT2D eigenvalue weighted by Crippen LogP contribution is -2.22. The second-order valence-corrected chi connectivity index (χ2v) is 3.52. The molecule has 1 rings (SSSR count). The average Bonchev–Trinajstić information content (AvgIpc) is 2.04. The number of rotatable bonds is 4. The minimum absolute atomic E-state index is 0.329. The molecule has 0 aromatic heterocycles. The number of aliphatic hydroxyl groups is 1. The highest BCUT2D eigenvalue weighted by molar-refractivity contribution is 4.93. The summed E-state index contributed by atoms with van der Waals surface area (Å²) in [7, 11) is 0. The number of hydrogen-bond acceptors (Lipinski definition) is 3. The second-order valence-electron chi connectivity index (χ2n) is 3.52. The third kappa shape index (κ3) is 4.03. The first-order chi connectivity index (χ1) is 6.18. The van der Waals surface area contributed by atoms with Crippen LogP contribution < -0.4 is 0 Å². The third-order valence-electron chi connectivity index (χ3n) is 2.29. The molecular weight excluding hydrogens is 170 g/mol. The summed E-state index contributed by atoms with van der Waals surface area (Å²) in [5.74, 6) is 0.337. The maximum Gasteiger partial charge on any atom is 0.229 e. The molecule has 2 atom stereocenters. The molecule has 0 heterocycles. The van der Waals surface area contributed by atoms with E-state index in [1.165, 1.54) is 0 Å². The number of allylic oxidation sites excluding steroid dienone is 2. The van der Waals surface area contributed by atoms with Gasteiger partial charge in [-0.15, -0.1) is 0 Å².